The van der Waals surface area contributed by atoms with Gasteiger partial charge in [-0.25, -0.2) is 9.78 Å². The Kier molecular flexibility index (Phi) is 4.42. The second kappa shape index (κ2) is 5.60. The van der Waals surface area contributed by atoms with Crippen molar-refractivity contribution in [2.45, 2.75) is 25.8 Å². The summed E-state index contributed by atoms with van der Waals surface area (Å²) in [6, 6.07) is -0.788. The highest BCUT2D eigenvalue weighted by molar-refractivity contribution is 7.09. The molecule has 0 saturated heterocycles. The van der Waals surface area contributed by atoms with Crippen LogP contribution in [0.3, 0.4) is 0 Å². The molecule has 1 atom stereocenters. The molecule has 0 aliphatic carbocycles. The molecule has 16 heavy (non-hydrogen) atoms. The van der Waals surface area contributed by atoms with Gasteiger partial charge in [-0.15, -0.1) is 11.3 Å². The second-order valence-electron chi connectivity index (χ2n) is 3.44. The molecular weight excluding hydrogens is 228 g/mol. The van der Waals surface area contributed by atoms with E-state index in [1.807, 2.05) is 5.38 Å². The van der Waals surface area contributed by atoms with Gasteiger partial charge in [-0.05, 0) is 6.92 Å². The fourth-order valence-electron chi connectivity index (χ4n) is 1.15. The molecule has 1 aromatic rings. The number of rotatable bonds is 5. The molecule has 1 amide bonds. The molecule has 1 heterocycles. The number of aromatic nitrogens is 1. The normalized spacial score (nSPS) is 12.1. The molecule has 88 valence electrons. The smallest absolute Gasteiger partial charge is 0.326 e. The van der Waals surface area contributed by atoms with E-state index >= 15 is 0 Å². The molecule has 0 fully saturated rings. The summed E-state index contributed by atoms with van der Waals surface area (Å²) in [6.45, 7) is 1.49. The van der Waals surface area contributed by atoms with Gasteiger partial charge in [0, 0.05) is 31.5 Å². The quantitative estimate of drug-likeness (QED) is 0.836. The topological polar surface area (TPSA) is 70.5 Å². The maximum absolute atomic E-state index is 11.6. The largest absolute Gasteiger partial charge is 0.480 e. The van der Waals surface area contributed by atoms with E-state index in [0.29, 0.717) is 12.8 Å². The molecule has 1 aromatic heterocycles. The van der Waals surface area contributed by atoms with Crippen LogP contribution in [0.5, 0.6) is 0 Å². The first-order chi connectivity index (χ1) is 7.52. The van der Waals surface area contributed by atoms with Gasteiger partial charge in [-0.1, -0.05) is 0 Å². The van der Waals surface area contributed by atoms with Crippen molar-refractivity contribution in [3.8, 4) is 0 Å². The van der Waals surface area contributed by atoms with Crippen LogP contribution in [0.2, 0.25) is 0 Å². The number of aryl methyl sites for hydroxylation is 1. The lowest BCUT2D eigenvalue weighted by Gasteiger charge is -2.21. The highest BCUT2D eigenvalue weighted by Crippen LogP contribution is 2.08. The average Bonchev–Trinajstić information content (AvgIpc) is 2.76. The highest BCUT2D eigenvalue weighted by atomic mass is 32.1. The number of carbonyl (C=O) groups excluding carboxylic acids is 1. The van der Waals surface area contributed by atoms with Gasteiger partial charge in [0.1, 0.15) is 6.04 Å². The van der Waals surface area contributed by atoms with Crippen LogP contribution < -0.4 is 0 Å². The lowest BCUT2D eigenvalue weighted by Crippen LogP contribution is -2.40. The predicted molar refractivity (Wildman–Crippen MR) is 60.3 cm³/mol. The summed E-state index contributed by atoms with van der Waals surface area (Å²) in [5.74, 6) is -1.17. The minimum absolute atomic E-state index is 0.176. The summed E-state index contributed by atoms with van der Waals surface area (Å²) in [4.78, 5) is 27.6. The Morgan fingerprint density at radius 3 is 2.81 bits per heavy atom. The number of carboxylic acid groups (broad SMARTS) is 1. The summed E-state index contributed by atoms with van der Waals surface area (Å²) >= 11 is 1.49. The molecule has 1 N–H and O–H groups in total. The van der Waals surface area contributed by atoms with Crippen LogP contribution in [-0.4, -0.2) is 40.0 Å². The van der Waals surface area contributed by atoms with Gasteiger partial charge < -0.3 is 10.0 Å². The molecule has 0 bridgehead atoms. The Bertz CT molecular complexity index is 364. The predicted octanol–water partition coefficient (Wildman–Crippen LogP) is 1.01. The summed E-state index contributed by atoms with van der Waals surface area (Å²) in [5, 5.41) is 11.5. The number of amides is 1. The van der Waals surface area contributed by atoms with Crippen molar-refractivity contribution in [2.75, 3.05) is 7.05 Å². The van der Waals surface area contributed by atoms with Gasteiger partial charge in [-0.3, -0.25) is 4.79 Å². The van der Waals surface area contributed by atoms with Crippen LogP contribution >= 0.6 is 11.3 Å². The zero-order valence-corrected chi connectivity index (χ0v) is 10.0. The number of aliphatic carboxylic acids is 1. The van der Waals surface area contributed by atoms with Crippen molar-refractivity contribution in [1.82, 2.24) is 9.88 Å². The standard InChI is InChI=1S/C10H14N2O3S/c1-7(10(14)15)12(2)9(13)4-3-8-11-5-6-16-8/h5-7H,3-4H2,1-2H3,(H,14,15). The second-order valence-corrected chi connectivity index (χ2v) is 4.42. The molecule has 0 radical (unpaired) electrons. The monoisotopic (exact) mass is 242 g/mol. The molecule has 1 rings (SSSR count). The van der Waals surface area contributed by atoms with Gasteiger partial charge in [0.2, 0.25) is 5.91 Å². The zero-order valence-electron chi connectivity index (χ0n) is 9.21. The Morgan fingerprint density at radius 1 is 1.62 bits per heavy atom. The first-order valence-electron chi connectivity index (χ1n) is 4.89. The van der Waals surface area contributed by atoms with Crippen LogP contribution in [0.4, 0.5) is 0 Å². The van der Waals surface area contributed by atoms with Crippen molar-refractivity contribution >= 4 is 23.2 Å². The molecule has 0 aliphatic rings. The summed E-state index contributed by atoms with van der Waals surface area (Å²) < 4.78 is 0. The van der Waals surface area contributed by atoms with Crippen LogP contribution in [0.1, 0.15) is 18.4 Å². The Labute approximate surface area is 97.7 Å². The van der Waals surface area contributed by atoms with E-state index in [1.165, 1.54) is 30.2 Å². The minimum Gasteiger partial charge on any atom is -0.480 e. The van der Waals surface area contributed by atoms with Gasteiger partial charge in [0.15, 0.2) is 0 Å². The van der Waals surface area contributed by atoms with Crippen LogP contribution in [0.25, 0.3) is 0 Å². The average molecular weight is 242 g/mol. The van der Waals surface area contributed by atoms with Gasteiger partial charge in [0.05, 0.1) is 5.01 Å². The number of carboxylic acids is 1. The Balaban J connectivity index is 2.43. The number of hydrogen-bond acceptors (Lipinski definition) is 4. The van der Waals surface area contributed by atoms with Crippen molar-refractivity contribution in [3.63, 3.8) is 0 Å². The number of likely N-dealkylation sites (N-methyl/N-ethyl adjacent to an activating group) is 1. The van der Waals surface area contributed by atoms with Crippen molar-refractivity contribution < 1.29 is 14.7 Å². The third kappa shape index (κ3) is 3.30. The fraction of sp³-hybridized carbons (Fsp3) is 0.500. The van der Waals surface area contributed by atoms with E-state index in [4.69, 9.17) is 5.11 Å². The maximum Gasteiger partial charge on any atom is 0.326 e. The van der Waals surface area contributed by atoms with Crippen molar-refractivity contribution in [1.29, 1.82) is 0 Å². The lowest BCUT2D eigenvalue weighted by molar-refractivity contribution is -0.148. The fourth-order valence-corrected chi connectivity index (χ4v) is 1.77. The first-order valence-corrected chi connectivity index (χ1v) is 5.77. The van der Waals surface area contributed by atoms with E-state index in [2.05, 4.69) is 4.98 Å². The minimum atomic E-state index is -0.995. The Hall–Kier alpha value is -1.43. The van der Waals surface area contributed by atoms with Crippen LogP contribution in [-0.2, 0) is 16.0 Å². The van der Waals surface area contributed by atoms with Gasteiger partial charge >= 0.3 is 5.97 Å². The number of carbonyl (C=O) groups is 2. The van der Waals surface area contributed by atoms with E-state index in [1.54, 1.807) is 6.20 Å². The Morgan fingerprint density at radius 2 is 2.31 bits per heavy atom. The lowest BCUT2D eigenvalue weighted by atomic mass is 10.2. The van der Waals surface area contributed by atoms with Gasteiger partial charge in [-0.2, -0.15) is 0 Å². The molecule has 6 heteroatoms. The summed E-state index contributed by atoms with van der Waals surface area (Å²) in [7, 11) is 1.50. The van der Waals surface area contributed by atoms with Crippen LogP contribution in [0.15, 0.2) is 11.6 Å². The molecule has 0 aromatic carbocycles. The maximum atomic E-state index is 11.6. The summed E-state index contributed by atoms with van der Waals surface area (Å²) in [6.07, 6.45) is 2.54. The van der Waals surface area contributed by atoms with E-state index in [9.17, 15) is 9.59 Å². The van der Waals surface area contributed by atoms with E-state index < -0.39 is 12.0 Å². The van der Waals surface area contributed by atoms with Crippen LogP contribution in [0, 0.1) is 0 Å². The third-order valence-electron chi connectivity index (χ3n) is 2.37. The first kappa shape index (κ1) is 12.6. The zero-order chi connectivity index (χ0) is 12.1. The van der Waals surface area contributed by atoms with E-state index in [-0.39, 0.29) is 5.91 Å². The van der Waals surface area contributed by atoms with Crippen molar-refractivity contribution in [3.05, 3.63) is 16.6 Å². The number of nitrogens with zero attached hydrogens (tertiary/aromatic N) is 2. The number of hydrogen-bond donors (Lipinski definition) is 1. The molecule has 0 spiro atoms. The molecule has 0 aliphatic heterocycles. The molecule has 0 saturated carbocycles. The third-order valence-corrected chi connectivity index (χ3v) is 3.21. The van der Waals surface area contributed by atoms with E-state index in [0.717, 1.165) is 5.01 Å². The highest BCUT2D eigenvalue weighted by Gasteiger charge is 2.21. The molecule has 5 nitrogen and oxygen atoms in total. The SMILES string of the molecule is CC(C(=O)O)N(C)C(=O)CCc1nccs1. The molecule has 1 unspecified atom stereocenters. The number of thiazole rings is 1. The summed E-state index contributed by atoms with van der Waals surface area (Å²) in [5.41, 5.74) is 0. The van der Waals surface area contributed by atoms with Gasteiger partial charge in [0.25, 0.3) is 0 Å². The van der Waals surface area contributed by atoms with Crippen molar-refractivity contribution in [2.24, 2.45) is 0 Å². The molecular formula is C10H14N2O3S.